The zero-order chi connectivity index (χ0) is 11.3. The molecule has 1 atom stereocenters. The first-order valence-electron chi connectivity index (χ1n) is 6.02. The lowest BCUT2D eigenvalue weighted by molar-refractivity contribution is 0.533. The maximum Gasteiger partial charge on any atom is 0.0489 e. The Balaban J connectivity index is 2.36. The highest BCUT2D eigenvalue weighted by Crippen LogP contribution is 2.31. The number of nitrogens with one attached hydrogen (secondary N) is 2. The van der Waals surface area contributed by atoms with Gasteiger partial charge in [0, 0.05) is 22.6 Å². The molecule has 0 radical (unpaired) electrons. The Morgan fingerprint density at radius 2 is 2.06 bits per heavy atom. The highest BCUT2D eigenvalue weighted by molar-refractivity contribution is 5.88. The van der Waals surface area contributed by atoms with Crippen molar-refractivity contribution in [3.8, 4) is 0 Å². The summed E-state index contributed by atoms with van der Waals surface area (Å²) in [5.41, 5.74) is 6.95. The molecular formula is C14H18N2. The number of hydrogen-bond donors (Lipinski definition) is 2. The van der Waals surface area contributed by atoms with E-state index >= 15 is 0 Å². The first-order valence-corrected chi connectivity index (χ1v) is 6.02. The molecule has 16 heavy (non-hydrogen) atoms. The number of aromatic nitrogens is 1. The molecule has 0 fully saturated rings. The number of aromatic amines is 1. The summed E-state index contributed by atoms with van der Waals surface area (Å²) in [5, 5.41) is 4.93. The lowest BCUT2D eigenvalue weighted by Gasteiger charge is -2.20. The van der Waals surface area contributed by atoms with E-state index in [1.807, 2.05) is 0 Å². The van der Waals surface area contributed by atoms with Gasteiger partial charge in [0.1, 0.15) is 0 Å². The van der Waals surface area contributed by atoms with Gasteiger partial charge in [-0.1, -0.05) is 11.6 Å². The van der Waals surface area contributed by atoms with Crippen LogP contribution in [0.1, 0.15) is 35.3 Å². The zero-order valence-electron chi connectivity index (χ0n) is 10.1. The first kappa shape index (κ1) is 9.91. The van der Waals surface area contributed by atoms with Crippen molar-refractivity contribution in [3.63, 3.8) is 0 Å². The van der Waals surface area contributed by atoms with E-state index in [4.69, 9.17) is 0 Å². The molecule has 1 unspecified atom stereocenters. The maximum absolute atomic E-state index is 3.60. The Morgan fingerprint density at radius 1 is 1.25 bits per heavy atom. The molecule has 84 valence electrons. The minimum Gasteiger partial charge on any atom is -0.357 e. The van der Waals surface area contributed by atoms with Gasteiger partial charge in [-0.2, -0.15) is 0 Å². The SMILES string of the molecule is Cc1cc(C)c2[nH]c3c(c2c1)CCNC3C. The van der Waals surface area contributed by atoms with Crippen molar-refractivity contribution in [2.75, 3.05) is 6.54 Å². The smallest absolute Gasteiger partial charge is 0.0489 e. The van der Waals surface area contributed by atoms with Crippen molar-refractivity contribution in [1.82, 2.24) is 10.3 Å². The van der Waals surface area contributed by atoms with E-state index < -0.39 is 0 Å². The normalized spacial score (nSPS) is 20.1. The van der Waals surface area contributed by atoms with Gasteiger partial charge in [0.25, 0.3) is 0 Å². The molecule has 0 spiro atoms. The Kier molecular flexibility index (Phi) is 2.08. The van der Waals surface area contributed by atoms with Gasteiger partial charge in [-0.15, -0.1) is 0 Å². The van der Waals surface area contributed by atoms with Gasteiger partial charge in [0.05, 0.1) is 0 Å². The van der Waals surface area contributed by atoms with Gasteiger partial charge in [-0.3, -0.25) is 0 Å². The summed E-state index contributed by atoms with van der Waals surface area (Å²) in [7, 11) is 0. The van der Waals surface area contributed by atoms with Crippen LogP contribution >= 0.6 is 0 Å². The van der Waals surface area contributed by atoms with Crippen LogP contribution in [0, 0.1) is 13.8 Å². The summed E-state index contributed by atoms with van der Waals surface area (Å²) in [6, 6.07) is 5.02. The van der Waals surface area contributed by atoms with Crippen LogP contribution in [-0.4, -0.2) is 11.5 Å². The molecule has 2 heterocycles. The Bertz CT molecular complexity index is 551. The third-order valence-corrected chi connectivity index (χ3v) is 3.65. The average Bonchev–Trinajstić information content (AvgIpc) is 2.59. The van der Waals surface area contributed by atoms with Gasteiger partial charge in [-0.05, 0) is 50.9 Å². The molecule has 0 saturated heterocycles. The molecule has 0 aliphatic carbocycles. The van der Waals surface area contributed by atoms with E-state index in [0.29, 0.717) is 6.04 Å². The molecule has 3 rings (SSSR count). The summed E-state index contributed by atoms with van der Waals surface area (Å²) >= 11 is 0. The van der Waals surface area contributed by atoms with Gasteiger partial charge < -0.3 is 10.3 Å². The number of rotatable bonds is 0. The molecule has 2 aromatic rings. The van der Waals surface area contributed by atoms with Gasteiger partial charge in [0.15, 0.2) is 0 Å². The number of benzene rings is 1. The molecule has 0 bridgehead atoms. The topological polar surface area (TPSA) is 27.8 Å². The lowest BCUT2D eigenvalue weighted by Crippen LogP contribution is -2.27. The third kappa shape index (κ3) is 1.30. The highest BCUT2D eigenvalue weighted by Gasteiger charge is 2.20. The third-order valence-electron chi connectivity index (χ3n) is 3.65. The van der Waals surface area contributed by atoms with E-state index in [1.165, 1.54) is 33.3 Å². The number of hydrogen-bond acceptors (Lipinski definition) is 1. The second kappa shape index (κ2) is 3.36. The molecule has 2 heteroatoms. The van der Waals surface area contributed by atoms with E-state index in [-0.39, 0.29) is 0 Å². The van der Waals surface area contributed by atoms with Crippen molar-refractivity contribution >= 4 is 10.9 Å². The van der Waals surface area contributed by atoms with Crippen molar-refractivity contribution in [2.24, 2.45) is 0 Å². The first-order chi connectivity index (χ1) is 7.66. The fourth-order valence-electron chi connectivity index (χ4n) is 2.88. The quantitative estimate of drug-likeness (QED) is 0.693. The average molecular weight is 214 g/mol. The molecule has 1 aliphatic rings. The lowest BCUT2D eigenvalue weighted by atomic mass is 9.98. The van der Waals surface area contributed by atoms with Crippen LogP contribution in [0.4, 0.5) is 0 Å². The second-order valence-electron chi connectivity index (χ2n) is 4.95. The van der Waals surface area contributed by atoms with E-state index in [9.17, 15) is 0 Å². The molecule has 1 aliphatic heterocycles. The van der Waals surface area contributed by atoms with Crippen LogP contribution in [0.2, 0.25) is 0 Å². The van der Waals surface area contributed by atoms with Crippen molar-refractivity contribution < 1.29 is 0 Å². The summed E-state index contributed by atoms with van der Waals surface area (Å²) in [4.78, 5) is 3.60. The standard InChI is InChI=1S/C14H18N2/c1-8-6-9(2)13-12(7-8)11-4-5-15-10(3)14(11)16-13/h6-7,10,15-16H,4-5H2,1-3H3. The van der Waals surface area contributed by atoms with Crippen LogP contribution in [0.3, 0.4) is 0 Å². The minimum absolute atomic E-state index is 0.454. The Hall–Kier alpha value is -1.28. The number of fused-ring (bicyclic) bond motifs is 3. The zero-order valence-corrected chi connectivity index (χ0v) is 10.1. The maximum atomic E-state index is 3.60. The molecule has 2 nitrogen and oxygen atoms in total. The van der Waals surface area contributed by atoms with Gasteiger partial charge in [0.2, 0.25) is 0 Å². The second-order valence-corrected chi connectivity index (χ2v) is 4.95. The van der Waals surface area contributed by atoms with Crippen molar-refractivity contribution in [3.05, 3.63) is 34.5 Å². The summed E-state index contributed by atoms with van der Waals surface area (Å²) in [6.07, 6.45) is 1.14. The predicted octanol–water partition coefficient (Wildman–Crippen LogP) is 2.99. The van der Waals surface area contributed by atoms with Crippen LogP contribution in [0.15, 0.2) is 12.1 Å². The van der Waals surface area contributed by atoms with E-state index in [2.05, 4.69) is 43.2 Å². The molecule has 2 N–H and O–H groups in total. The summed E-state index contributed by atoms with van der Waals surface area (Å²) < 4.78 is 0. The van der Waals surface area contributed by atoms with E-state index in [1.54, 1.807) is 0 Å². The van der Waals surface area contributed by atoms with E-state index in [0.717, 1.165) is 13.0 Å². The van der Waals surface area contributed by atoms with Crippen LogP contribution in [-0.2, 0) is 6.42 Å². The van der Waals surface area contributed by atoms with Crippen molar-refractivity contribution in [2.45, 2.75) is 33.2 Å². The largest absolute Gasteiger partial charge is 0.357 e. The molecule has 1 aromatic carbocycles. The Morgan fingerprint density at radius 3 is 2.88 bits per heavy atom. The van der Waals surface area contributed by atoms with Crippen LogP contribution in [0.25, 0.3) is 10.9 Å². The summed E-state index contributed by atoms with van der Waals surface area (Å²) in [5.74, 6) is 0. The molecular weight excluding hydrogens is 196 g/mol. The van der Waals surface area contributed by atoms with Crippen LogP contribution < -0.4 is 5.32 Å². The fraction of sp³-hybridized carbons (Fsp3) is 0.429. The minimum atomic E-state index is 0.454. The highest BCUT2D eigenvalue weighted by atomic mass is 15.0. The molecule has 0 amide bonds. The number of aryl methyl sites for hydroxylation is 2. The van der Waals surface area contributed by atoms with Gasteiger partial charge in [-0.25, -0.2) is 0 Å². The summed E-state index contributed by atoms with van der Waals surface area (Å²) in [6.45, 7) is 7.69. The monoisotopic (exact) mass is 214 g/mol. The molecule has 0 saturated carbocycles. The fourth-order valence-corrected chi connectivity index (χ4v) is 2.88. The van der Waals surface area contributed by atoms with Crippen molar-refractivity contribution in [1.29, 1.82) is 0 Å². The van der Waals surface area contributed by atoms with Crippen LogP contribution in [0.5, 0.6) is 0 Å². The Labute approximate surface area is 96.1 Å². The number of H-pyrrole nitrogens is 1. The van der Waals surface area contributed by atoms with Gasteiger partial charge >= 0.3 is 0 Å². The predicted molar refractivity (Wildman–Crippen MR) is 67.9 cm³/mol. The molecule has 1 aromatic heterocycles.